The molecule has 4 nitrogen and oxygen atoms in total. The zero-order valence-corrected chi connectivity index (χ0v) is 11.6. The number of hydrogen-bond donors (Lipinski definition) is 1. The molecule has 1 fully saturated rings. The van der Waals surface area contributed by atoms with E-state index in [0.29, 0.717) is 19.6 Å². The predicted molar refractivity (Wildman–Crippen MR) is 74.7 cm³/mol. The van der Waals surface area contributed by atoms with Gasteiger partial charge in [0.25, 0.3) is 5.91 Å². The smallest absolute Gasteiger partial charge is 0.254 e. The minimum Gasteiger partial charge on any atom is -0.359 e. The summed E-state index contributed by atoms with van der Waals surface area (Å²) in [6.45, 7) is 5.37. The summed E-state index contributed by atoms with van der Waals surface area (Å²) in [6.07, 6.45) is 0.795. The predicted octanol–water partition coefficient (Wildman–Crippen LogP) is 1.19. The molecule has 104 valence electrons. The maximum Gasteiger partial charge on any atom is 0.254 e. The molecule has 1 atom stereocenters. The fourth-order valence-electron chi connectivity index (χ4n) is 2.44. The highest BCUT2D eigenvalue weighted by Crippen LogP contribution is 2.22. The number of amides is 1. The first-order chi connectivity index (χ1) is 9.03. The largest absolute Gasteiger partial charge is 0.359 e. The second-order valence-electron chi connectivity index (χ2n) is 5.47. The molecule has 1 saturated heterocycles. The van der Waals surface area contributed by atoms with Crippen LogP contribution in [-0.2, 0) is 16.0 Å². The highest BCUT2D eigenvalue weighted by molar-refractivity contribution is 5.85. The molecule has 2 N–H and O–H groups in total. The van der Waals surface area contributed by atoms with E-state index in [1.807, 2.05) is 36.9 Å². The molecular formula is C15H22N2O2. The molecule has 1 aromatic carbocycles. The van der Waals surface area contributed by atoms with E-state index < -0.39 is 5.60 Å². The minimum atomic E-state index is -0.765. The molecule has 0 aliphatic carbocycles. The molecule has 0 radical (unpaired) electrons. The molecule has 0 spiro atoms. The Balaban J connectivity index is 2.00. The van der Waals surface area contributed by atoms with Gasteiger partial charge in [0, 0.05) is 19.6 Å². The van der Waals surface area contributed by atoms with Crippen LogP contribution in [0.2, 0.25) is 0 Å². The molecule has 1 amide bonds. The van der Waals surface area contributed by atoms with Crippen LogP contribution in [0.5, 0.6) is 0 Å². The number of hydrogen-bond acceptors (Lipinski definition) is 3. The van der Waals surface area contributed by atoms with Crippen molar-refractivity contribution in [2.75, 3.05) is 19.6 Å². The molecule has 1 unspecified atom stereocenters. The van der Waals surface area contributed by atoms with Crippen molar-refractivity contribution in [3.05, 3.63) is 35.9 Å². The Morgan fingerprint density at radius 1 is 1.37 bits per heavy atom. The SMILES string of the molecule is CC1(C)OC(CN)CN(CCc2ccccc2)C1=O. The first-order valence-electron chi connectivity index (χ1n) is 6.74. The van der Waals surface area contributed by atoms with Gasteiger partial charge in [0.1, 0.15) is 5.60 Å². The van der Waals surface area contributed by atoms with E-state index in [-0.39, 0.29) is 12.0 Å². The third kappa shape index (κ3) is 3.33. The summed E-state index contributed by atoms with van der Waals surface area (Å²) in [5.74, 6) is 0.0492. The normalized spacial score (nSPS) is 22.6. The lowest BCUT2D eigenvalue weighted by Gasteiger charge is -2.41. The van der Waals surface area contributed by atoms with Crippen LogP contribution in [0.25, 0.3) is 0 Å². The summed E-state index contributed by atoms with van der Waals surface area (Å²) in [5.41, 5.74) is 6.15. The van der Waals surface area contributed by atoms with E-state index in [2.05, 4.69) is 12.1 Å². The van der Waals surface area contributed by atoms with Gasteiger partial charge in [-0.05, 0) is 25.8 Å². The van der Waals surface area contributed by atoms with E-state index in [0.717, 1.165) is 6.42 Å². The molecule has 1 aliphatic rings. The van der Waals surface area contributed by atoms with Crippen LogP contribution < -0.4 is 5.73 Å². The van der Waals surface area contributed by atoms with Gasteiger partial charge in [0.05, 0.1) is 6.10 Å². The highest BCUT2D eigenvalue weighted by atomic mass is 16.5. The Hall–Kier alpha value is -1.39. The minimum absolute atomic E-state index is 0.0492. The fourth-order valence-corrected chi connectivity index (χ4v) is 2.44. The van der Waals surface area contributed by atoms with Gasteiger partial charge in [-0.25, -0.2) is 0 Å². The number of carbonyl (C=O) groups is 1. The topological polar surface area (TPSA) is 55.6 Å². The molecule has 0 saturated carbocycles. The maximum atomic E-state index is 12.3. The van der Waals surface area contributed by atoms with E-state index in [4.69, 9.17) is 10.5 Å². The lowest BCUT2D eigenvalue weighted by molar-refractivity contribution is -0.177. The van der Waals surface area contributed by atoms with Crippen molar-refractivity contribution in [2.45, 2.75) is 32.0 Å². The summed E-state index contributed by atoms with van der Waals surface area (Å²) >= 11 is 0. The Morgan fingerprint density at radius 2 is 2.05 bits per heavy atom. The number of nitrogens with two attached hydrogens (primary N) is 1. The number of carbonyl (C=O) groups excluding carboxylic acids is 1. The Labute approximate surface area is 114 Å². The van der Waals surface area contributed by atoms with Crippen LogP contribution in [0.15, 0.2) is 30.3 Å². The lowest BCUT2D eigenvalue weighted by atomic mass is 10.0. The monoisotopic (exact) mass is 262 g/mol. The van der Waals surface area contributed by atoms with Crippen molar-refractivity contribution in [2.24, 2.45) is 5.73 Å². The molecule has 4 heteroatoms. The molecular weight excluding hydrogens is 240 g/mol. The van der Waals surface area contributed by atoms with Crippen molar-refractivity contribution in [1.82, 2.24) is 4.90 Å². The van der Waals surface area contributed by atoms with Gasteiger partial charge in [-0.1, -0.05) is 30.3 Å². The summed E-state index contributed by atoms with van der Waals surface area (Å²) in [6, 6.07) is 10.2. The lowest BCUT2D eigenvalue weighted by Crippen LogP contribution is -2.59. The van der Waals surface area contributed by atoms with Gasteiger partial charge >= 0.3 is 0 Å². The van der Waals surface area contributed by atoms with E-state index in [1.54, 1.807) is 0 Å². The average Bonchev–Trinajstić information content (AvgIpc) is 2.41. The third-order valence-electron chi connectivity index (χ3n) is 3.46. The van der Waals surface area contributed by atoms with Crippen LogP contribution >= 0.6 is 0 Å². The van der Waals surface area contributed by atoms with Gasteiger partial charge in [-0.3, -0.25) is 4.79 Å². The first-order valence-corrected chi connectivity index (χ1v) is 6.74. The van der Waals surface area contributed by atoms with E-state index >= 15 is 0 Å². The van der Waals surface area contributed by atoms with Gasteiger partial charge in [0.2, 0.25) is 0 Å². The van der Waals surface area contributed by atoms with Crippen molar-refractivity contribution >= 4 is 5.91 Å². The second-order valence-corrected chi connectivity index (χ2v) is 5.47. The quantitative estimate of drug-likeness (QED) is 0.887. The standard InChI is InChI=1S/C15H22N2O2/c1-15(2)14(18)17(11-13(10-16)19-15)9-8-12-6-4-3-5-7-12/h3-7,13H,8-11,16H2,1-2H3. The molecule has 19 heavy (non-hydrogen) atoms. The molecule has 0 aromatic heterocycles. The van der Waals surface area contributed by atoms with Crippen molar-refractivity contribution in [3.8, 4) is 0 Å². The van der Waals surface area contributed by atoms with Crippen LogP contribution in [0.3, 0.4) is 0 Å². The van der Waals surface area contributed by atoms with Gasteiger partial charge in [-0.2, -0.15) is 0 Å². The zero-order chi connectivity index (χ0) is 13.9. The number of rotatable bonds is 4. The highest BCUT2D eigenvalue weighted by Gasteiger charge is 2.40. The molecule has 0 bridgehead atoms. The summed E-state index contributed by atoms with van der Waals surface area (Å²) in [7, 11) is 0. The molecule has 1 aliphatic heterocycles. The Bertz CT molecular complexity index is 431. The zero-order valence-electron chi connectivity index (χ0n) is 11.6. The van der Waals surface area contributed by atoms with E-state index in [9.17, 15) is 4.79 Å². The number of morpholine rings is 1. The first kappa shape index (κ1) is 14.0. The third-order valence-corrected chi connectivity index (χ3v) is 3.46. The van der Waals surface area contributed by atoms with Crippen LogP contribution in [-0.4, -0.2) is 42.1 Å². The summed E-state index contributed by atoms with van der Waals surface area (Å²) in [5, 5.41) is 0. The van der Waals surface area contributed by atoms with Crippen molar-refractivity contribution in [3.63, 3.8) is 0 Å². The van der Waals surface area contributed by atoms with Gasteiger partial charge in [0.15, 0.2) is 0 Å². The number of benzene rings is 1. The molecule has 2 rings (SSSR count). The van der Waals surface area contributed by atoms with Gasteiger partial charge < -0.3 is 15.4 Å². The van der Waals surface area contributed by atoms with Gasteiger partial charge in [-0.15, -0.1) is 0 Å². The average molecular weight is 262 g/mol. The van der Waals surface area contributed by atoms with Crippen LogP contribution in [0.1, 0.15) is 19.4 Å². The van der Waals surface area contributed by atoms with Crippen LogP contribution in [0, 0.1) is 0 Å². The summed E-state index contributed by atoms with van der Waals surface area (Å²) in [4.78, 5) is 14.2. The fraction of sp³-hybridized carbons (Fsp3) is 0.533. The number of ether oxygens (including phenoxy) is 1. The number of nitrogens with zero attached hydrogens (tertiary/aromatic N) is 1. The van der Waals surface area contributed by atoms with E-state index in [1.165, 1.54) is 5.56 Å². The Kier molecular flexibility index (Phi) is 4.22. The van der Waals surface area contributed by atoms with Crippen molar-refractivity contribution < 1.29 is 9.53 Å². The maximum absolute atomic E-state index is 12.3. The second kappa shape index (κ2) is 5.72. The van der Waals surface area contributed by atoms with Crippen molar-refractivity contribution in [1.29, 1.82) is 0 Å². The molecule has 1 heterocycles. The Morgan fingerprint density at radius 3 is 2.68 bits per heavy atom. The summed E-state index contributed by atoms with van der Waals surface area (Å²) < 4.78 is 5.70. The molecule has 1 aromatic rings. The van der Waals surface area contributed by atoms with Crippen LogP contribution in [0.4, 0.5) is 0 Å².